The van der Waals surface area contributed by atoms with Gasteiger partial charge in [0.15, 0.2) is 0 Å². The third kappa shape index (κ3) is 3.61. The lowest BCUT2D eigenvalue weighted by Crippen LogP contribution is -2.19. The van der Waals surface area contributed by atoms with E-state index in [1.807, 2.05) is 0 Å². The molecule has 0 aliphatic heterocycles. The van der Waals surface area contributed by atoms with E-state index in [-0.39, 0.29) is 0 Å². The maximum atomic E-state index is 5.90. The average Bonchev–Trinajstić information content (AvgIpc) is 2.73. The van der Waals surface area contributed by atoms with Crippen molar-refractivity contribution in [2.75, 3.05) is 7.05 Å². The molecule has 2 nitrogen and oxygen atoms in total. The van der Waals surface area contributed by atoms with Gasteiger partial charge in [-0.1, -0.05) is 45.4 Å². The quantitative estimate of drug-likeness (QED) is 0.779. The van der Waals surface area contributed by atoms with E-state index in [0.717, 1.165) is 23.9 Å². The van der Waals surface area contributed by atoms with Gasteiger partial charge in [0, 0.05) is 6.42 Å². The van der Waals surface area contributed by atoms with Crippen molar-refractivity contribution in [3.05, 3.63) is 23.7 Å². The Balaban J connectivity index is 1.95. The Labute approximate surface area is 111 Å². The summed E-state index contributed by atoms with van der Waals surface area (Å²) in [7, 11) is 2.05. The van der Waals surface area contributed by atoms with Gasteiger partial charge in [0.05, 0.1) is 6.04 Å². The minimum Gasteiger partial charge on any atom is -0.464 e. The van der Waals surface area contributed by atoms with Crippen molar-refractivity contribution in [1.29, 1.82) is 0 Å². The second kappa shape index (κ2) is 6.98. The molecule has 18 heavy (non-hydrogen) atoms. The molecular formula is C16H27NO. The van der Waals surface area contributed by atoms with Gasteiger partial charge in [-0.3, -0.25) is 0 Å². The first-order chi connectivity index (χ1) is 8.83. The van der Waals surface area contributed by atoms with E-state index in [4.69, 9.17) is 4.42 Å². The SMILES string of the molecule is CCc1ccc(C(CC2CCCCCC2)NC)o1. The number of furan rings is 1. The van der Waals surface area contributed by atoms with Crippen LogP contribution in [0.1, 0.15) is 69.4 Å². The van der Waals surface area contributed by atoms with Crippen molar-refractivity contribution in [3.8, 4) is 0 Å². The third-order valence-corrected chi connectivity index (χ3v) is 4.27. The summed E-state index contributed by atoms with van der Waals surface area (Å²) >= 11 is 0. The summed E-state index contributed by atoms with van der Waals surface area (Å²) < 4.78 is 5.90. The van der Waals surface area contributed by atoms with Gasteiger partial charge in [-0.15, -0.1) is 0 Å². The van der Waals surface area contributed by atoms with E-state index in [9.17, 15) is 0 Å². The van der Waals surface area contributed by atoms with Gasteiger partial charge in [-0.25, -0.2) is 0 Å². The number of hydrogen-bond acceptors (Lipinski definition) is 2. The molecule has 1 aromatic heterocycles. The van der Waals surface area contributed by atoms with Crippen molar-refractivity contribution in [2.45, 2.75) is 64.3 Å². The van der Waals surface area contributed by atoms with Crippen molar-refractivity contribution >= 4 is 0 Å². The van der Waals surface area contributed by atoms with Crippen molar-refractivity contribution in [3.63, 3.8) is 0 Å². The molecule has 0 spiro atoms. The summed E-state index contributed by atoms with van der Waals surface area (Å²) in [6.07, 6.45) is 10.7. The van der Waals surface area contributed by atoms with Crippen LogP contribution < -0.4 is 5.32 Å². The fraction of sp³-hybridized carbons (Fsp3) is 0.750. The van der Waals surface area contributed by atoms with Crippen LogP contribution in [0.25, 0.3) is 0 Å². The normalized spacial score (nSPS) is 19.7. The number of rotatable bonds is 5. The van der Waals surface area contributed by atoms with E-state index >= 15 is 0 Å². The largest absolute Gasteiger partial charge is 0.464 e. The van der Waals surface area contributed by atoms with E-state index in [1.165, 1.54) is 44.9 Å². The van der Waals surface area contributed by atoms with Crippen LogP contribution >= 0.6 is 0 Å². The molecule has 0 bridgehead atoms. The molecule has 0 aromatic carbocycles. The highest BCUT2D eigenvalue weighted by Gasteiger charge is 2.20. The Bertz CT molecular complexity index is 337. The molecule has 1 unspecified atom stereocenters. The van der Waals surface area contributed by atoms with Crippen LogP contribution in [0.4, 0.5) is 0 Å². The number of hydrogen-bond donors (Lipinski definition) is 1. The first kappa shape index (κ1) is 13.7. The van der Waals surface area contributed by atoms with Gasteiger partial charge in [-0.05, 0) is 31.5 Å². The summed E-state index contributed by atoms with van der Waals surface area (Å²) in [6.45, 7) is 2.14. The van der Waals surface area contributed by atoms with Crippen LogP contribution in [0.3, 0.4) is 0 Å². The van der Waals surface area contributed by atoms with Gasteiger partial charge in [-0.2, -0.15) is 0 Å². The molecule has 102 valence electrons. The van der Waals surface area contributed by atoms with Crippen LogP contribution in [0.5, 0.6) is 0 Å². The molecule has 2 rings (SSSR count). The second-order valence-corrected chi connectivity index (χ2v) is 5.59. The Morgan fingerprint density at radius 1 is 1.22 bits per heavy atom. The summed E-state index contributed by atoms with van der Waals surface area (Å²) in [5.41, 5.74) is 0. The molecule has 1 N–H and O–H groups in total. The summed E-state index contributed by atoms with van der Waals surface area (Å²) in [5, 5.41) is 3.43. The molecule has 1 saturated carbocycles. The smallest absolute Gasteiger partial charge is 0.121 e. The topological polar surface area (TPSA) is 25.2 Å². The van der Waals surface area contributed by atoms with E-state index in [1.54, 1.807) is 0 Å². The molecule has 1 aliphatic rings. The zero-order valence-corrected chi connectivity index (χ0v) is 11.9. The molecule has 1 atom stereocenters. The standard InChI is InChI=1S/C16H27NO/c1-3-14-10-11-16(18-14)15(17-2)12-13-8-6-4-5-7-9-13/h10-11,13,15,17H,3-9,12H2,1-2H3. The summed E-state index contributed by atoms with van der Waals surface area (Å²) in [4.78, 5) is 0. The van der Waals surface area contributed by atoms with Gasteiger partial charge in [0.25, 0.3) is 0 Å². The van der Waals surface area contributed by atoms with Gasteiger partial charge in [0.2, 0.25) is 0 Å². The first-order valence-electron chi connectivity index (χ1n) is 7.59. The lowest BCUT2D eigenvalue weighted by molar-refractivity contribution is 0.325. The monoisotopic (exact) mass is 249 g/mol. The van der Waals surface area contributed by atoms with Crippen LogP contribution in [0, 0.1) is 5.92 Å². The van der Waals surface area contributed by atoms with Crippen LogP contribution in [-0.4, -0.2) is 7.05 Å². The molecule has 1 aliphatic carbocycles. The minimum absolute atomic E-state index is 0.397. The Morgan fingerprint density at radius 3 is 2.50 bits per heavy atom. The zero-order chi connectivity index (χ0) is 12.8. The van der Waals surface area contributed by atoms with Gasteiger partial charge >= 0.3 is 0 Å². The summed E-state index contributed by atoms with van der Waals surface area (Å²) in [6, 6.07) is 4.66. The molecule has 0 radical (unpaired) electrons. The fourth-order valence-electron chi connectivity index (χ4n) is 3.08. The maximum absolute atomic E-state index is 5.90. The predicted molar refractivity (Wildman–Crippen MR) is 75.7 cm³/mol. The van der Waals surface area contributed by atoms with Gasteiger partial charge < -0.3 is 9.73 Å². The highest BCUT2D eigenvalue weighted by atomic mass is 16.3. The second-order valence-electron chi connectivity index (χ2n) is 5.59. The zero-order valence-electron chi connectivity index (χ0n) is 11.9. The average molecular weight is 249 g/mol. The van der Waals surface area contributed by atoms with E-state index in [0.29, 0.717) is 6.04 Å². The molecule has 1 fully saturated rings. The van der Waals surface area contributed by atoms with E-state index in [2.05, 4.69) is 31.4 Å². The lowest BCUT2D eigenvalue weighted by atomic mass is 9.92. The van der Waals surface area contributed by atoms with Crippen molar-refractivity contribution in [2.24, 2.45) is 5.92 Å². The van der Waals surface area contributed by atoms with Gasteiger partial charge in [0.1, 0.15) is 11.5 Å². The molecule has 1 aromatic rings. The Hall–Kier alpha value is -0.760. The molecule has 0 amide bonds. The molecule has 0 saturated heterocycles. The fourth-order valence-corrected chi connectivity index (χ4v) is 3.08. The molecule has 1 heterocycles. The van der Waals surface area contributed by atoms with Crippen LogP contribution in [0.2, 0.25) is 0 Å². The predicted octanol–water partition coefficient (Wildman–Crippen LogP) is 4.46. The molecular weight excluding hydrogens is 222 g/mol. The van der Waals surface area contributed by atoms with Crippen molar-refractivity contribution < 1.29 is 4.42 Å². The third-order valence-electron chi connectivity index (χ3n) is 4.27. The lowest BCUT2D eigenvalue weighted by Gasteiger charge is -2.20. The molecule has 2 heteroatoms. The van der Waals surface area contributed by atoms with E-state index < -0.39 is 0 Å². The van der Waals surface area contributed by atoms with Crippen LogP contribution in [-0.2, 0) is 6.42 Å². The minimum atomic E-state index is 0.397. The highest BCUT2D eigenvalue weighted by Crippen LogP contribution is 2.31. The first-order valence-corrected chi connectivity index (χ1v) is 7.59. The Morgan fingerprint density at radius 2 is 1.94 bits per heavy atom. The maximum Gasteiger partial charge on any atom is 0.121 e. The highest BCUT2D eigenvalue weighted by molar-refractivity contribution is 5.11. The van der Waals surface area contributed by atoms with Crippen molar-refractivity contribution in [1.82, 2.24) is 5.32 Å². The number of nitrogens with one attached hydrogen (secondary N) is 1. The number of aryl methyl sites for hydroxylation is 1. The Kier molecular flexibility index (Phi) is 5.30. The summed E-state index contributed by atoms with van der Waals surface area (Å²) in [5.74, 6) is 3.10. The van der Waals surface area contributed by atoms with Crippen LogP contribution in [0.15, 0.2) is 16.5 Å².